The van der Waals surface area contributed by atoms with Gasteiger partial charge in [-0.2, -0.15) is 0 Å². The van der Waals surface area contributed by atoms with Crippen LogP contribution in [0.4, 0.5) is 0 Å². The van der Waals surface area contributed by atoms with E-state index < -0.39 is 23.6 Å². The molecular formula is C19H23NO6. The number of benzene rings is 1. The van der Waals surface area contributed by atoms with Crippen LogP contribution in [-0.2, 0) is 29.2 Å². The van der Waals surface area contributed by atoms with Crippen molar-refractivity contribution in [3.8, 4) is 5.75 Å². The molecule has 0 radical (unpaired) electrons. The molecule has 0 saturated carbocycles. The molecule has 1 aliphatic rings. The topological polar surface area (TPSA) is 86.9 Å². The number of carbonyl (C=O) groups is 2. The summed E-state index contributed by atoms with van der Waals surface area (Å²) in [5, 5.41) is 0.768. The van der Waals surface area contributed by atoms with Crippen LogP contribution in [0.3, 0.4) is 0 Å². The Hall–Kier alpha value is -2.54. The van der Waals surface area contributed by atoms with Crippen molar-refractivity contribution in [1.29, 1.82) is 0 Å². The van der Waals surface area contributed by atoms with Gasteiger partial charge in [-0.15, -0.1) is 0 Å². The number of ether oxygens (including phenoxy) is 4. The lowest BCUT2D eigenvalue weighted by atomic mass is 9.78. The van der Waals surface area contributed by atoms with Gasteiger partial charge < -0.3 is 23.9 Å². The molecule has 1 aromatic heterocycles. The number of esters is 2. The Morgan fingerprint density at radius 3 is 2.38 bits per heavy atom. The summed E-state index contributed by atoms with van der Waals surface area (Å²) < 4.78 is 22.1. The van der Waals surface area contributed by atoms with E-state index in [2.05, 4.69) is 4.98 Å². The molecule has 7 heteroatoms. The second-order valence-corrected chi connectivity index (χ2v) is 5.93. The average Bonchev–Trinajstić information content (AvgIpc) is 3.00. The first kappa shape index (κ1) is 18.3. The zero-order valence-electron chi connectivity index (χ0n) is 15.2. The van der Waals surface area contributed by atoms with E-state index in [0.29, 0.717) is 18.1 Å². The van der Waals surface area contributed by atoms with Crippen LogP contribution >= 0.6 is 0 Å². The summed E-state index contributed by atoms with van der Waals surface area (Å²) in [4.78, 5) is 29.1. The first-order valence-electron chi connectivity index (χ1n) is 8.82. The molecule has 0 amide bonds. The molecule has 0 bridgehead atoms. The van der Waals surface area contributed by atoms with E-state index in [1.165, 1.54) is 0 Å². The third-order valence-electron chi connectivity index (χ3n) is 4.41. The van der Waals surface area contributed by atoms with E-state index in [1.54, 1.807) is 13.8 Å². The van der Waals surface area contributed by atoms with Crippen molar-refractivity contribution in [2.24, 2.45) is 0 Å². The van der Waals surface area contributed by atoms with Gasteiger partial charge in [-0.1, -0.05) is 12.1 Å². The lowest BCUT2D eigenvalue weighted by Gasteiger charge is -2.36. The van der Waals surface area contributed by atoms with Crippen LogP contribution in [0.15, 0.2) is 24.3 Å². The quantitative estimate of drug-likeness (QED) is 0.629. The van der Waals surface area contributed by atoms with Gasteiger partial charge in [0.1, 0.15) is 0 Å². The van der Waals surface area contributed by atoms with Crippen LogP contribution in [0.1, 0.15) is 32.9 Å². The van der Waals surface area contributed by atoms with Crippen LogP contribution in [0, 0.1) is 0 Å². The molecule has 1 aromatic carbocycles. The monoisotopic (exact) mass is 361 g/mol. The van der Waals surface area contributed by atoms with Gasteiger partial charge in [-0.05, 0) is 32.9 Å². The maximum absolute atomic E-state index is 13.0. The molecule has 0 fully saturated rings. The number of carbonyl (C=O) groups excluding carboxylic acids is 2. The molecule has 7 nitrogen and oxygen atoms in total. The molecule has 26 heavy (non-hydrogen) atoms. The fraction of sp³-hybridized carbons (Fsp3) is 0.474. The molecule has 3 rings (SSSR count). The van der Waals surface area contributed by atoms with Gasteiger partial charge in [0.05, 0.1) is 18.9 Å². The molecule has 2 aromatic rings. The first-order chi connectivity index (χ1) is 12.6. The number of fused-ring (bicyclic) bond motifs is 3. The summed E-state index contributed by atoms with van der Waals surface area (Å²) in [6, 6.07) is 7.44. The molecule has 0 spiro atoms. The summed E-state index contributed by atoms with van der Waals surface area (Å²) in [5.41, 5.74) is -0.544. The molecule has 1 N–H and O–H groups in total. The summed E-state index contributed by atoms with van der Waals surface area (Å²) in [5.74, 6) is -0.912. The van der Waals surface area contributed by atoms with Crippen molar-refractivity contribution in [2.75, 3.05) is 19.8 Å². The van der Waals surface area contributed by atoms with Crippen molar-refractivity contribution >= 4 is 22.8 Å². The number of para-hydroxylation sites is 1. The smallest absolute Gasteiger partial charge is 0.330 e. The number of rotatable bonds is 6. The molecule has 0 aliphatic carbocycles. The van der Waals surface area contributed by atoms with Crippen LogP contribution in [0.25, 0.3) is 10.9 Å². The van der Waals surface area contributed by atoms with Gasteiger partial charge in [0.2, 0.25) is 11.7 Å². The lowest BCUT2D eigenvalue weighted by molar-refractivity contribution is -0.176. The average molecular weight is 361 g/mol. The van der Waals surface area contributed by atoms with E-state index in [4.69, 9.17) is 18.9 Å². The predicted octanol–water partition coefficient (Wildman–Crippen LogP) is 2.68. The van der Waals surface area contributed by atoms with Crippen LogP contribution < -0.4 is 4.74 Å². The third-order valence-corrected chi connectivity index (χ3v) is 4.41. The standard InChI is InChI=1S/C19H23NO6/c1-4-23-14-11-19(17(21)24-5-2,18(22)25-6-3)16-15(26-14)12-9-7-8-10-13(12)20-16/h7-10,14,20H,4-6,11H2,1-3H3. The highest BCUT2D eigenvalue weighted by Crippen LogP contribution is 2.46. The normalized spacial score (nSPS) is 18.0. The maximum atomic E-state index is 13.0. The Bertz CT molecular complexity index is 793. The van der Waals surface area contributed by atoms with Crippen molar-refractivity contribution in [1.82, 2.24) is 4.98 Å². The Kier molecular flexibility index (Phi) is 5.18. The number of H-pyrrole nitrogens is 1. The third kappa shape index (κ3) is 2.82. The lowest BCUT2D eigenvalue weighted by Crippen LogP contribution is -2.52. The van der Waals surface area contributed by atoms with Gasteiger partial charge in [-0.3, -0.25) is 9.59 Å². The summed E-state index contributed by atoms with van der Waals surface area (Å²) >= 11 is 0. The van der Waals surface area contributed by atoms with E-state index in [9.17, 15) is 9.59 Å². The number of hydrogen-bond acceptors (Lipinski definition) is 6. The Balaban J connectivity index is 2.24. The second-order valence-electron chi connectivity index (χ2n) is 5.93. The predicted molar refractivity (Wildman–Crippen MR) is 93.9 cm³/mol. The highest BCUT2D eigenvalue weighted by molar-refractivity contribution is 6.08. The van der Waals surface area contributed by atoms with Crippen LogP contribution in [0.5, 0.6) is 5.75 Å². The highest BCUT2D eigenvalue weighted by Gasteiger charge is 2.58. The highest BCUT2D eigenvalue weighted by atomic mass is 16.7. The van der Waals surface area contributed by atoms with Gasteiger partial charge in [0.25, 0.3) is 0 Å². The molecule has 140 valence electrons. The van der Waals surface area contributed by atoms with Crippen molar-refractivity contribution in [3.05, 3.63) is 30.0 Å². The Morgan fingerprint density at radius 2 is 1.77 bits per heavy atom. The fourth-order valence-electron chi connectivity index (χ4n) is 3.31. The number of aromatic amines is 1. The molecule has 1 atom stereocenters. The minimum absolute atomic E-state index is 0.0155. The summed E-state index contributed by atoms with van der Waals surface area (Å²) in [6.45, 7) is 5.89. The largest absolute Gasteiger partial charge is 0.465 e. The molecule has 1 aliphatic heterocycles. The van der Waals surface area contributed by atoms with Gasteiger partial charge in [0, 0.05) is 23.9 Å². The fourth-order valence-corrected chi connectivity index (χ4v) is 3.31. The molecule has 0 saturated heterocycles. The number of nitrogens with one attached hydrogen (secondary N) is 1. The van der Waals surface area contributed by atoms with Crippen LogP contribution in [-0.4, -0.2) is 43.0 Å². The summed E-state index contributed by atoms with van der Waals surface area (Å²) in [7, 11) is 0. The Labute approximate surface area is 151 Å². The molecule has 1 unspecified atom stereocenters. The first-order valence-corrected chi connectivity index (χ1v) is 8.82. The van der Waals surface area contributed by atoms with E-state index in [1.807, 2.05) is 31.2 Å². The Morgan fingerprint density at radius 1 is 1.12 bits per heavy atom. The number of hydrogen-bond donors (Lipinski definition) is 1. The number of aromatic nitrogens is 1. The molecular weight excluding hydrogens is 338 g/mol. The minimum atomic E-state index is -1.65. The zero-order valence-corrected chi connectivity index (χ0v) is 15.2. The SMILES string of the molecule is CCOC(=O)C1(C(=O)OCC)CC(OCC)Oc2c1[nH]c1ccccc21. The van der Waals surface area contributed by atoms with Crippen molar-refractivity contribution in [3.63, 3.8) is 0 Å². The van der Waals surface area contributed by atoms with Crippen LogP contribution in [0.2, 0.25) is 0 Å². The van der Waals surface area contributed by atoms with E-state index >= 15 is 0 Å². The van der Waals surface area contributed by atoms with Gasteiger partial charge in [0.15, 0.2) is 5.75 Å². The zero-order chi connectivity index (χ0) is 18.7. The molecule has 2 heterocycles. The van der Waals surface area contributed by atoms with E-state index in [0.717, 1.165) is 10.9 Å². The minimum Gasteiger partial charge on any atom is -0.465 e. The van der Waals surface area contributed by atoms with Crippen molar-refractivity contribution < 1.29 is 28.5 Å². The van der Waals surface area contributed by atoms with Gasteiger partial charge in [-0.25, -0.2) is 0 Å². The maximum Gasteiger partial charge on any atom is 0.330 e. The second kappa shape index (κ2) is 7.37. The van der Waals surface area contributed by atoms with Crippen molar-refractivity contribution in [2.45, 2.75) is 38.9 Å². The van der Waals surface area contributed by atoms with Gasteiger partial charge >= 0.3 is 11.9 Å². The summed E-state index contributed by atoms with van der Waals surface area (Å²) in [6.07, 6.45) is -0.779. The van der Waals surface area contributed by atoms with E-state index in [-0.39, 0.29) is 19.6 Å².